The van der Waals surface area contributed by atoms with Gasteiger partial charge in [-0.3, -0.25) is 4.79 Å². The normalized spacial score (nSPS) is 17.8. The van der Waals surface area contributed by atoms with Crippen LogP contribution in [0.15, 0.2) is 42.5 Å². The number of carbonyl (C=O) groups is 1. The standard InChI is InChI=1S/C21H23F3N2O/c1-14-7-8-16(11-15(14)2)12-17-13-25-9-10-26(17)20(27)18-5-3-4-6-19(18)21(22,23)24/h3-8,11,17,25H,9-10,12-13H2,1-2H3. The minimum Gasteiger partial charge on any atom is -0.333 e. The third-order valence-electron chi connectivity index (χ3n) is 5.12. The van der Waals surface area contributed by atoms with Gasteiger partial charge in [0.15, 0.2) is 0 Å². The molecule has 1 unspecified atom stereocenters. The molecule has 1 aliphatic heterocycles. The molecule has 1 heterocycles. The molecule has 1 atom stereocenters. The Morgan fingerprint density at radius 3 is 2.59 bits per heavy atom. The fraction of sp³-hybridized carbons (Fsp3) is 0.381. The number of hydrogen-bond donors (Lipinski definition) is 1. The molecule has 0 aromatic heterocycles. The topological polar surface area (TPSA) is 32.3 Å². The van der Waals surface area contributed by atoms with Gasteiger partial charge < -0.3 is 10.2 Å². The highest BCUT2D eigenvalue weighted by molar-refractivity contribution is 5.96. The molecule has 144 valence electrons. The minimum absolute atomic E-state index is 0.186. The van der Waals surface area contributed by atoms with Crippen molar-refractivity contribution in [3.8, 4) is 0 Å². The molecule has 2 aromatic rings. The van der Waals surface area contributed by atoms with Crippen molar-refractivity contribution in [3.05, 3.63) is 70.3 Å². The smallest absolute Gasteiger partial charge is 0.333 e. The zero-order chi connectivity index (χ0) is 19.6. The summed E-state index contributed by atoms with van der Waals surface area (Å²) in [5.74, 6) is -0.557. The van der Waals surface area contributed by atoms with Crippen molar-refractivity contribution in [2.24, 2.45) is 0 Å². The first-order valence-electron chi connectivity index (χ1n) is 9.01. The maximum atomic E-state index is 13.3. The van der Waals surface area contributed by atoms with Gasteiger partial charge in [-0.05, 0) is 49.1 Å². The molecular formula is C21H23F3N2O. The Bertz CT molecular complexity index is 832. The van der Waals surface area contributed by atoms with E-state index in [4.69, 9.17) is 0 Å². The third kappa shape index (κ3) is 4.33. The zero-order valence-corrected chi connectivity index (χ0v) is 15.4. The lowest BCUT2D eigenvalue weighted by Crippen LogP contribution is -2.54. The zero-order valence-electron chi connectivity index (χ0n) is 15.4. The number of hydrogen-bond acceptors (Lipinski definition) is 2. The van der Waals surface area contributed by atoms with Gasteiger partial charge in [-0.25, -0.2) is 0 Å². The average molecular weight is 376 g/mol. The molecule has 0 saturated carbocycles. The highest BCUT2D eigenvalue weighted by Gasteiger charge is 2.37. The van der Waals surface area contributed by atoms with Crippen LogP contribution in [0, 0.1) is 13.8 Å². The maximum absolute atomic E-state index is 13.3. The van der Waals surface area contributed by atoms with Crippen molar-refractivity contribution in [1.82, 2.24) is 10.2 Å². The van der Waals surface area contributed by atoms with Crippen molar-refractivity contribution in [2.75, 3.05) is 19.6 Å². The predicted molar refractivity (Wildman–Crippen MR) is 98.8 cm³/mol. The van der Waals surface area contributed by atoms with Crippen molar-refractivity contribution in [3.63, 3.8) is 0 Å². The number of benzene rings is 2. The summed E-state index contributed by atoms with van der Waals surface area (Å²) < 4.78 is 40.0. The van der Waals surface area contributed by atoms with E-state index in [0.29, 0.717) is 26.1 Å². The minimum atomic E-state index is -4.55. The first-order valence-corrected chi connectivity index (χ1v) is 9.01. The molecule has 3 rings (SSSR count). The maximum Gasteiger partial charge on any atom is 0.417 e. The number of nitrogens with one attached hydrogen (secondary N) is 1. The molecule has 1 aliphatic rings. The second-order valence-electron chi connectivity index (χ2n) is 7.02. The summed E-state index contributed by atoms with van der Waals surface area (Å²) in [4.78, 5) is 14.6. The molecule has 6 heteroatoms. The van der Waals surface area contributed by atoms with Gasteiger partial charge >= 0.3 is 6.18 Å². The van der Waals surface area contributed by atoms with E-state index >= 15 is 0 Å². The average Bonchev–Trinajstić information content (AvgIpc) is 2.64. The van der Waals surface area contributed by atoms with Crippen LogP contribution >= 0.6 is 0 Å². The van der Waals surface area contributed by atoms with Gasteiger partial charge in [0.25, 0.3) is 5.91 Å². The number of alkyl halides is 3. The van der Waals surface area contributed by atoms with E-state index in [-0.39, 0.29) is 11.6 Å². The Labute approximate surface area is 157 Å². The summed E-state index contributed by atoms with van der Waals surface area (Å²) in [7, 11) is 0. The number of piperazine rings is 1. The molecule has 1 fully saturated rings. The second-order valence-corrected chi connectivity index (χ2v) is 7.02. The van der Waals surface area contributed by atoms with Crippen LogP contribution in [0.4, 0.5) is 13.2 Å². The molecule has 0 aliphatic carbocycles. The summed E-state index contributed by atoms with van der Waals surface area (Å²) in [6.07, 6.45) is -3.95. The first-order chi connectivity index (χ1) is 12.8. The van der Waals surface area contributed by atoms with E-state index in [9.17, 15) is 18.0 Å². The van der Waals surface area contributed by atoms with Gasteiger partial charge in [0, 0.05) is 25.7 Å². The van der Waals surface area contributed by atoms with Crippen molar-refractivity contribution < 1.29 is 18.0 Å². The lowest BCUT2D eigenvalue weighted by molar-refractivity contribution is -0.138. The van der Waals surface area contributed by atoms with Gasteiger partial charge in [0.1, 0.15) is 0 Å². The Morgan fingerprint density at radius 1 is 1.15 bits per heavy atom. The molecule has 3 nitrogen and oxygen atoms in total. The Balaban J connectivity index is 1.87. The molecule has 0 radical (unpaired) electrons. The van der Waals surface area contributed by atoms with Crippen LogP contribution in [0.25, 0.3) is 0 Å². The molecule has 27 heavy (non-hydrogen) atoms. The van der Waals surface area contributed by atoms with E-state index in [0.717, 1.165) is 17.2 Å². The number of halogens is 3. The highest BCUT2D eigenvalue weighted by Crippen LogP contribution is 2.32. The number of carbonyl (C=O) groups excluding carboxylic acids is 1. The van der Waals surface area contributed by atoms with Crippen LogP contribution in [0.2, 0.25) is 0 Å². The third-order valence-corrected chi connectivity index (χ3v) is 5.12. The monoisotopic (exact) mass is 376 g/mol. The van der Waals surface area contributed by atoms with Crippen LogP contribution in [-0.2, 0) is 12.6 Å². The number of amides is 1. The van der Waals surface area contributed by atoms with Crippen LogP contribution < -0.4 is 5.32 Å². The second kappa shape index (κ2) is 7.72. The summed E-state index contributed by atoms with van der Waals surface area (Å²) in [6.45, 7) is 5.59. The first kappa shape index (κ1) is 19.4. The fourth-order valence-electron chi connectivity index (χ4n) is 3.48. The lowest BCUT2D eigenvalue weighted by Gasteiger charge is -2.37. The molecule has 0 bridgehead atoms. The summed E-state index contributed by atoms with van der Waals surface area (Å²) in [5.41, 5.74) is 2.27. The summed E-state index contributed by atoms with van der Waals surface area (Å²) in [6, 6.07) is 11.0. The van der Waals surface area contributed by atoms with E-state index in [1.54, 1.807) is 4.90 Å². The van der Waals surface area contributed by atoms with Crippen LogP contribution in [0.5, 0.6) is 0 Å². The number of rotatable bonds is 3. The molecule has 1 amide bonds. The van der Waals surface area contributed by atoms with Crippen LogP contribution in [0.1, 0.15) is 32.6 Å². The van der Waals surface area contributed by atoms with E-state index in [1.165, 1.54) is 23.8 Å². The van der Waals surface area contributed by atoms with Crippen LogP contribution in [0.3, 0.4) is 0 Å². The van der Waals surface area contributed by atoms with Crippen molar-refractivity contribution >= 4 is 5.91 Å². The number of aryl methyl sites for hydroxylation is 2. The van der Waals surface area contributed by atoms with Crippen molar-refractivity contribution in [2.45, 2.75) is 32.5 Å². The van der Waals surface area contributed by atoms with Gasteiger partial charge in [-0.1, -0.05) is 30.3 Å². The van der Waals surface area contributed by atoms with Crippen LogP contribution in [-0.4, -0.2) is 36.5 Å². The van der Waals surface area contributed by atoms with Gasteiger partial charge in [0.05, 0.1) is 11.1 Å². The van der Waals surface area contributed by atoms with E-state index < -0.39 is 17.6 Å². The summed E-state index contributed by atoms with van der Waals surface area (Å²) in [5, 5.41) is 3.25. The Hall–Kier alpha value is -2.34. The van der Waals surface area contributed by atoms with E-state index in [2.05, 4.69) is 11.4 Å². The quantitative estimate of drug-likeness (QED) is 0.879. The van der Waals surface area contributed by atoms with Crippen molar-refractivity contribution in [1.29, 1.82) is 0 Å². The molecule has 0 spiro atoms. The van der Waals surface area contributed by atoms with Gasteiger partial charge in [-0.2, -0.15) is 13.2 Å². The predicted octanol–water partition coefficient (Wildman–Crippen LogP) is 3.98. The van der Waals surface area contributed by atoms with Gasteiger partial charge in [-0.15, -0.1) is 0 Å². The Morgan fingerprint density at radius 2 is 1.89 bits per heavy atom. The number of nitrogens with zero attached hydrogens (tertiary/aromatic N) is 1. The lowest BCUT2D eigenvalue weighted by atomic mass is 9.97. The fourth-order valence-corrected chi connectivity index (χ4v) is 3.48. The SMILES string of the molecule is Cc1ccc(CC2CNCCN2C(=O)c2ccccc2C(F)(F)F)cc1C. The molecular weight excluding hydrogens is 353 g/mol. The molecule has 1 N–H and O–H groups in total. The Kier molecular flexibility index (Phi) is 5.56. The van der Waals surface area contributed by atoms with E-state index in [1.807, 2.05) is 26.0 Å². The largest absolute Gasteiger partial charge is 0.417 e. The summed E-state index contributed by atoms with van der Waals surface area (Å²) >= 11 is 0. The molecule has 2 aromatic carbocycles. The molecule has 1 saturated heterocycles. The highest BCUT2D eigenvalue weighted by atomic mass is 19.4. The van der Waals surface area contributed by atoms with Gasteiger partial charge in [0.2, 0.25) is 0 Å².